The smallest absolute Gasteiger partial charge is 0.271 e. The van der Waals surface area contributed by atoms with Gasteiger partial charge in [0.15, 0.2) is 0 Å². The van der Waals surface area contributed by atoms with Crippen molar-refractivity contribution in [2.45, 2.75) is 0 Å². The summed E-state index contributed by atoms with van der Waals surface area (Å²) in [6.07, 6.45) is 0. The molecular formula is C26H15N3O4S. The third-order valence-corrected chi connectivity index (χ3v) is 6.64. The van der Waals surface area contributed by atoms with Crippen LogP contribution < -0.4 is 5.55 Å². The van der Waals surface area contributed by atoms with Crippen molar-refractivity contribution in [1.29, 1.82) is 0 Å². The number of hydrogen-bond acceptors (Lipinski definition) is 7. The van der Waals surface area contributed by atoms with Crippen LogP contribution in [0.4, 0.5) is 11.4 Å². The molecule has 0 aliphatic carbocycles. The number of aromatic hydroxyl groups is 1. The topological polar surface area (TPSA) is 102 Å². The van der Waals surface area contributed by atoms with Crippen molar-refractivity contribution < 1.29 is 14.4 Å². The van der Waals surface area contributed by atoms with Gasteiger partial charge in [-0.2, -0.15) is 0 Å². The lowest BCUT2D eigenvalue weighted by atomic mass is 10.0. The third-order valence-electron chi connectivity index (χ3n) is 5.57. The van der Waals surface area contributed by atoms with Crippen molar-refractivity contribution in [3.8, 4) is 16.3 Å². The van der Waals surface area contributed by atoms with Gasteiger partial charge in [0, 0.05) is 17.5 Å². The summed E-state index contributed by atoms with van der Waals surface area (Å²) in [7, 11) is 0. The van der Waals surface area contributed by atoms with Crippen LogP contribution in [-0.4, -0.2) is 15.0 Å². The lowest BCUT2D eigenvalue weighted by Crippen LogP contribution is -2.05. The van der Waals surface area contributed by atoms with Crippen molar-refractivity contribution in [2.24, 2.45) is 4.99 Å². The summed E-state index contributed by atoms with van der Waals surface area (Å²) in [5.74, 6) is -0.186. The lowest BCUT2D eigenvalue weighted by molar-refractivity contribution is -0.384. The fourth-order valence-electron chi connectivity index (χ4n) is 3.93. The molecule has 6 rings (SSSR count). The molecule has 0 fully saturated rings. The van der Waals surface area contributed by atoms with Gasteiger partial charge in [0.1, 0.15) is 22.0 Å². The maximum atomic E-state index is 11.3. The summed E-state index contributed by atoms with van der Waals surface area (Å²) in [5.41, 5.74) is 2.16. The van der Waals surface area contributed by atoms with Gasteiger partial charge in [-0.3, -0.25) is 10.1 Å². The van der Waals surface area contributed by atoms with Gasteiger partial charge < -0.3 is 9.52 Å². The van der Waals surface area contributed by atoms with E-state index in [2.05, 4.69) is 4.99 Å². The summed E-state index contributed by atoms with van der Waals surface area (Å²) in [6, 6.07) is 25.3. The number of benzene rings is 4. The molecule has 0 aliphatic rings. The number of phenolic OH excluding ortho intramolecular Hbond substituents is 1. The second-order valence-electron chi connectivity index (χ2n) is 7.69. The minimum Gasteiger partial charge on any atom is -0.506 e. The van der Waals surface area contributed by atoms with E-state index in [0.717, 1.165) is 26.4 Å². The molecule has 34 heavy (non-hydrogen) atoms. The second kappa shape index (κ2) is 7.79. The zero-order valence-corrected chi connectivity index (χ0v) is 18.3. The summed E-state index contributed by atoms with van der Waals surface area (Å²) < 4.78 is 7.24. The van der Waals surface area contributed by atoms with Gasteiger partial charge in [0.2, 0.25) is 5.55 Å². The van der Waals surface area contributed by atoms with E-state index < -0.39 is 4.92 Å². The number of non-ortho nitro benzene ring substituents is 1. The molecular weight excluding hydrogens is 450 g/mol. The molecule has 1 N–H and O–H groups in total. The highest BCUT2D eigenvalue weighted by Crippen LogP contribution is 2.34. The molecule has 0 unspecified atom stereocenters. The second-order valence-corrected chi connectivity index (χ2v) is 8.72. The van der Waals surface area contributed by atoms with Crippen LogP contribution in [0.25, 0.3) is 42.5 Å². The maximum absolute atomic E-state index is 11.3. The standard InChI is InChI=1S/C26H15N3O4S/c30-22-11-10-16(29(31)32)13-21(22)27-25-19(26-28-20-7-3-4-8-24(20)34-26)14-18-17-6-2-1-5-15(17)9-12-23(18)33-25/h1-14,30H. The Hall–Kier alpha value is -4.56. The number of rotatable bonds is 3. The van der Waals surface area contributed by atoms with Crippen LogP contribution in [0, 0.1) is 10.1 Å². The number of thiazole rings is 1. The number of para-hydroxylation sites is 1. The van der Waals surface area contributed by atoms with Gasteiger partial charge >= 0.3 is 0 Å². The van der Waals surface area contributed by atoms with E-state index in [9.17, 15) is 15.2 Å². The molecule has 7 nitrogen and oxygen atoms in total. The first kappa shape index (κ1) is 20.1. The predicted molar refractivity (Wildman–Crippen MR) is 132 cm³/mol. The first-order valence-corrected chi connectivity index (χ1v) is 11.2. The number of nitro benzene ring substituents is 1. The van der Waals surface area contributed by atoms with Gasteiger partial charge in [-0.25, -0.2) is 9.98 Å². The van der Waals surface area contributed by atoms with E-state index in [-0.39, 0.29) is 22.7 Å². The largest absolute Gasteiger partial charge is 0.506 e. The molecule has 0 atom stereocenters. The number of aromatic nitrogens is 1. The Morgan fingerprint density at radius 3 is 2.62 bits per heavy atom. The molecule has 0 saturated carbocycles. The minimum atomic E-state index is -0.531. The minimum absolute atomic E-state index is 0.0421. The first-order chi connectivity index (χ1) is 16.6. The van der Waals surface area contributed by atoms with Crippen LogP contribution in [0.1, 0.15) is 0 Å². The molecule has 4 aromatic carbocycles. The molecule has 0 saturated heterocycles. The maximum Gasteiger partial charge on any atom is 0.271 e. The number of phenols is 1. The van der Waals surface area contributed by atoms with Gasteiger partial charge in [0.25, 0.3) is 5.69 Å². The van der Waals surface area contributed by atoms with Crippen molar-refractivity contribution in [2.75, 3.05) is 0 Å². The average Bonchev–Trinajstić information content (AvgIpc) is 3.29. The van der Waals surface area contributed by atoms with Gasteiger partial charge in [-0.05, 0) is 41.1 Å². The molecule has 6 aromatic rings. The van der Waals surface area contributed by atoms with Crippen LogP contribution in [-0.2, 0) is 0 Å². The summed E-state index contributed by atoms with van der Waals surface area (Å²) >= 11 is 1.50. The van der Waals surface area contributed by atoms with Crippen molar-refractivity contribution in [3.63, 3.8) is 0 Å². The monoisotopic (exact) mass is 465 g/mol. The van der Waals surface area contributed by atoms with E-state index in [1.807, 2.05) is 66.7 Å². The molecule has 2 heterocycles. The summed E-state index contributed by atoms with van der Waals surface area (Å²) in [6.45, 7) is 0. The molecule has 0 radical (unpaired) electrons. The number of nitro groups is 1. The van der Waals surface area contributed by atoms with Crippen molar-refractivity contribution in [3.05, 3.63) is 101 Å². The van der Waals surface area contributed by atoms with Crippen molar-refractivity contribution in [1.82, 2.24) is 4.98 Å². The molecule has 8 heteroatoms. The third kappa shape index (κ3) is 3.37. The molecule has 0 spiro atoms. The Kier molecular flexibility index (Phi) is 4.60. The zero-order chi connectivity index (χ0) is 23.2. The lowest BCUT2D eigenvalue weighted by Gasteiger charge is -2.06. The van der Waals surface area contributed by atoms with E-state index in [0.29, 0.717) is 16.2 Å². The Morgan fingerprint density at radius 1 is 0.941 bits per heavy atom. The quantitative estimate of drug-likeness (QED) is 0.178. The van der Waals surface area contributed by atoms with Crippen molar-refractivity contribution >= 4 is 54.7 Å². The Labute approximate surface area is 196 Å². The predicted octanol–water partition coefficient (Wildman–Crippen LogP) is 6.71. The molecule has 0 amide bonds. The number of hydrogen-bond donors (Lipinski definition) is 1. The highest BCUT2D eigenvalue weighted by atomic mass is 32.1. The van der Waals surface area contributed by atoms with Gasteiger partial charge in [-0.15, -0.1) is 11.3 Å². The van der Waals surface area contributed by atoms with E-state index in [1.54, 1.807) is 0 Å². The molecule has 0 bridgehead atoms. The Morgan fingerprint density at radius 2 is 1.76 bits per heavy atom. The van der Waals surface area contributed by atoms with Crippen LogP contribution in [0.15, 0.2) is 94.3 Å². The highest BCUT2D eigenvalue weighted by Gasteiger charge is 2.15. The zero-order valence-electron chi connectivity index (χ0n) is 17.5. The van der Waals surface area contributed by atoms with E-state index >= 15 is 0 Å². The first-order valence-electron chi connectivity index (χ1n) is 10.4. The van der Waals surface area contributed by atoms with Gasteiger partial charge in [0.05, 0.1) is 20.7 Å². The molecule has 164 valence electrons. The fraction of sp³-hybridized carbons (Fsp3) is 0. The molecule has 0 aliphatic heterocycles. The van der Waals surface area contributed by atoms with Gasteiger partial charge in [-0.1, -0.05) is 42.5 Å². The van der Waals surface area contributed by atoms with Crippen LogP contribution in [0.3, 0.4) is 0 Å². The number of nitrogens with zero attached hydrogens (tertiary/aromatic N) is 3. The van der Waals surface area contributed by atoms with Crippen LogP contribution >= 0.6 is 11.3 Å². The normalized spacial score (nSPS) is 12.1. The highest BCUT2D eigenvalue weighted by molar-refractivity contribution is 7.21. The van der Waals surface area contributed by atoms with E-state index in [4.69, 9.17) is 9.40 Å². The Bertz CT molecular complexity index is 1790. The number of fused-ring (bicyclic) bond motifs is 4. The average molecular weight is 465 g/mol. The SMILES string of the molecule is O=[N+]([O-])c1ccc(O)c(N=c2oc3ccc4ccccc4c3cc2-c2nc3ccccc3s2)c1. The summed E-state index contributed by atoms with van der Waals surface area (Å²) in [4.78, 5) is 20.0. The van der Waals surface area contributed by atoms with Crippen LogP contribution in [0.5, 0.6) is 5.75 Å². The molecule has 2 aromatic heterocycles. The Balaban J connectivity index is 1.70. The van der Waals surface area contributed by atoms with Crippen LogP contribution in [0.2, 0.25) is 0 Å². The van der Waals surface area contributed by atoms with E-state index in [1.165, 1.54) is 29.5 Å². The fourth-order valence-corrected chi connectivity index (χ4v) is 4.90. The summed E-state index contributed by atoms with van der Waals surface area (Å²) in [5, 5.41) is 25.3.